The van der Waals surface area contributed by atoms with E-state index in [4.69, 9.17) is 0 Å². The SMILES string of the molecule is OC(Cn1ccnc1-c1cnccn1)c1ccccc1Br. The van der Waals surface area contributed by atoms with Crippen LogP contribution in [0.1, 0.15) is 11.7 Å². The highest BCUT2D eigenvalue weighted by molar-refractivity contribution is 9.10. The molecule has 0 fully saturated rings. The second-order valence-corrected chi connectivity index (χ2v) is 5.39. The zero-order valence-electron chi connectivity index (χ0n) is 11.1. The molecule has 0 saturated heterocycles. The number of imidazole rings is 1. The van der Waals surface area contributed by atoms with Crippen LogP contribution in [-0.2, 0) is 6.54 Å². The van der Waals surface area contributed by atoms with Crippen molar-refractivity contribution in [1.29, 1.82) is 0 Å². The van der Waals surface area contributed by atoms with Gasteiger partial charge in [-0.3, -0.25) is 4.98 Å². The smallest absolute Gasteiger partial charge is 0.160 e. The van der Waals surface area contributed by atoms with Crippen LogP contribution in [0, 0.1) is 0 Å². The van der Waals surface area contributed by atoms with Crippen LogP contribution in [0.4, 0.5) is 0 Å². The van der Waals surface area contributed by atoms with Crippen molar-refractivity contribution in [2.75, 3.05) is 0 Å². The van der Waals surface area contributed by atoms with Gasteiger partial charge in [0.15, 0.2) is 5.82 Å². The van der Waals surface area contributed by atoms with Crippen LogP contribution in [0.2, 0.25) is 0 Å². The van der Waals surface area contributed by atoms with E-state index < -0.39 is 6.10 Å². The maximum Gasteiger partial charge on any atom is 0.160 e. The molecule has 0 saturated carbocycles. The molecule has 1 aromatic carbocycles. The molecule has 2 aromatic heterocycles. The highest BCUT2D eigenvalue weighted by atomic mass is 79.9. The number of aromatic nitrogens is 4. The lowest BCUT2D eigenvalue weighted by molar-refractivity contribution is 0.156. The van der Waals surface area contributed by atoms with Gasteiger partial charge in [0.05, 0.1) is 18.8 Å². The summed E-state index contributed by atoms with van der Waals surface area (Å²) >= 11 is 3.46. The van der Waals surface area contributed by atoms with E-state index in [2.05, 4.69) is 30.9 Å². The molecule has 0 aliphatic heterocycles. The standard InChI is InChI=1S/C15H13BrN4O/c16-12-4-2-1-3-11(12)14(21)10-20-8-7-19-15(20)13-9-17-5-6-18-13/h1-9,14,21H,10H2. The summed E-state index contributed by atoms with van der Waals surface area (Å²) in [4.78, 5) is 12.6. The fraction of sp³-hybridized carbons (Fsp3) is 0.133. The Morgan fingerprint density at radius 3 is 2.76 bits per heavy atom. The molecule has 6 heteroatoms. The number of hydrogen-bond acceptors (Lipinski definition) is 4. The van der Waals surface area contributed by atoms with Crippen LogP contribution in [0.5, 0.6) is 0 Å². The van der Waals surface area contributed by atoms with Gasteiger partial charge in [0.2, 0.25) is 0 Å². The molecule has 3 aromatic rings. The van der Waals surface area contributed by atoms with Crippen LogP contribution < -0.4 is 0 Å². The van der Waals surface area contributed by atoms with E-state index in [9.17, 15) is 5.11 Å². The number of halogens is 1. The van der Waals surface area contributed by atoms with Gasteiger partial charge in [0.1, 0.15) is 5.69 Å². The minimum absolute atomic E-state index is 0.397. The highest BCUT2D eigenvalue weighted by Crippen LogP contribution is 2.25. The largest absolute Gasteiger partial charge is 0.386 e. The molecule has 1 atom stereocenters. The van der Waals surface area contributed by atoms with Crippen LogP contribution >= 0.6 is 15.9 Å². The van der Waals surface area contributed by atoms with Crippen LogP contribution in [0.15, 0.2) is 59.7 Å². The van der Waals surface area contributed by atoms with Gasteiger partial charge in [0, 0.05) is 29.3 Å². The van der Waals surface area contributed by atoms with Gasteiger partial charge < -0.3 is 9.67 Å². The van der Waals surface area contributed by atoms with E-state index in [0.717, 1.165) is 10.0 Å². The van der Waals surface area contributed by atoms with Crippen molar-refractivity contribution < 1.29 is 5.11 Å². The summed E-state index contributed by atoms with van der Waals surface area (Å²) < 4.78 is 2.76. The molecule has 5 nitrogen and oxygen atoms in total. The minimum atomic E-state index is -0.634. The summed E-state index contributed by atoms with van der Waals surface area (Å²) in [5.74, 6) is 0.689. The number of aliphatic hydroxyl groups is 1. The number of hydrogen-bond donors (Lipinski definition) is 1. The predicted molar refractivity (Wildman–Crippen MR) is 82.4 cm³/mol. The molecule has 3 rings (SSSR count). The summed E-state index contributed by atoms with van der Waals surface area (Å²) in [5.41, 5.74) is 1.53. The zero-order chi connectivity index (χ0) is 14.7. The van der Waals surface area contributed by atoms with Gasteiger partial charge in [-0.05, 0) is 11.6 Å². The summed E-state index contributed by atoms with van der Waals surface area (Å²) in [6, 6.07) is 7.63. The van der Waals surface area contributed by atoms with Gasteiger partial charge in [-0.2, -0.15) is 0 Å². The molecule has 2 heterocycles. The molecular weight excluding hydrogens is 332 g/mol. The molecule has 0 amide bonds. The van der Waals surface area contributed by atoms with E-state index in [0.29, 0.717) is 18.1 Å². The Morgan fingerprint density at radius 2 is 2.00 bits per heavy atom. The summed E-state index contributed by atoms with van der Waals surface area (Å²) in [6.45, 7) is 0.397. The molecule has 0 aliphatic rings. The van der Waals surface area contributed by atoms with Crippen molar-refractivity contribution in [2.24, 2.45) is 0 Å². The Morgan fingerprint density at radius 1 is 1.14 bits per heavy atom. The molecule has 106 valence electrons. The third kappa shape index (κ3) is 3.01. The fourth-order valence-corrected chi connectivity index (χ4v) is 2.68. The number of benzene rings is 1. The monoisotopic (exact) mass is 344 g/mol. The molecule has 0 bridgehead atoms. The number of aliphatic hydroxyl groups excluding tert-OH is 1. The van der Waals surface area contributed by atoms with Crippen molar-refractivity contribution in [2.45, 2.75) is 12.6 Å². The van der Waals surface area contributed by atoms with E-state index in [1.165, 1.54) is 0 Å². The molecule has 1 N–H and O–H groups in total. The van der Waals surface area contributed by atoms with Gasteiger partial charge in [-0.1, -0.05) is 34.1 Å². The van der Waals surface area contributed by atoms with Crippen LogP contribution in [0.3, 0.4) is 0 Å². The molecule has 21 heavy (non-hydrogen) atoms. The third-order valence-corrected chi connectivity index (χ3v) is 3.86. The van der Waals surface area contributed by atoms with Crippen molar-refractivity contribution in [3.05, 3.63) is 65.3 Å². The average Bonchev–Trinajstić information content (AvgIpc) is 2.96. The first-order valence-electron chi connectivity index (χ1n) is 6.45. The van der Waals surface area contributed by atoms with E-state index in [1.54, 1.807) is 24.8 Å². The Hall–Kier alpha value is -2.05. The predicted octanol–water partition coefficient (Wildman–Crippen LogP) is 2.84. The average molecular weight is 345 g/mol. The van der Waals surface area contributed by atoms with Crippen molar-refractivity contribution in [3.8, 4) is 11.5 Å². The molecule has 0 aliphatic carbocycles. The van der Waals surface area contributed by atoms with Gasteiger partial charge >= 0.3 is 0 Å². The number of nitrogens with zero attached hydrogens (tertiary/aromatic N) is 4. The molecular formula is C15H13BrN4O. The van der Waals surface area contributed by atoms with E-state index in [-0.39, 0.29) is 0 Å². The second-order valence-electron chi connectivity index (χ2n) is 4.53. The first-order valence-corrected chi connectivity index (χ1v) is 7.25. The summed E-state index contributed by atoms with van der Waals surface area (Å²) in [7, 11) is 0. The van der Waals surface area contributed by atoms with Crippen molar-refractivity contribution >= 4 is 15.9 Å². The first-order chi connectivity index (χ1) is 10.3. The normalized spacial score (nSPS) is 12.3. The molecule has 1 unspecified atom stereocenters. The van der Waals surface area contributed by atoms with Crippen molar-refractivity contribution in [3.63, 3.8) is 0 Å². The highest BCUT2D eigenvalue weighted by Gasteiger charge is 2.14. The van der Waals surface area contributed by atoms with Gasteiger partial charge in [-0.15, -0.1) is 0 Å². The van der Waals surface area contributed by atoms with Crippen LogP contribution in [-0.4, -0.2) is 24.6 Å². The van der Waals surface area contributed by atoms with E-state index in [1.807, 2.05) is 35.0 Å². The lowest BCUT2D eigenvalue weighted by Gasteiger charge is -2.15. The Kier molecular flexibility index (Phi) is 4.08. The Balaban J connectivity index is 1.87. The lowest BCUT2D eigenvalue weighted by atomic mass is 10.1. The Labute approximate surface area is 130 Å². The number of rotatable bonds is 4. The molecule has 0 radical (unpaired) electrons. The van der Waals surface area contributed by atoms with E-state index >= 15 is 0 Å². The third-order valence-electron chi connectivity index (χ3n) is 3.14. The first kappa shape index (κ1) is 13.9. The maximum absolute atomic E-state index is 10.4. The van der Waals surface area contributed by atoms with Gasteiger partial charge in [-0.25, -0.2) is 9.97 Å². The quantitative estimate of drug-likeness (QED) is 0.790. The Bertz CT molecular complexity index is 729. The van der Waals surface area contributed by atoms with Gasteiger partial charge in [0.25, 0.3) is 0 Å². The zero-order valence-corrected chi connectivity index (χ0v) is 12.7. The lowest BCUT2D eigenvalue weighted by Crippen LogP contribution is -2.10. The van der Waals surface area contributed by atoms with Crippen molar-refractivity contribution in [1.82, 2.24) is 19.5 Å². The maximum atomic E-state index is 10.4. The molecule has 0 spiro atoms. The topological polar surface area (TPSA) is 63.8 Å². The minimum Gasteiger partial charge on any atom is -0.386 e. The second kappa shape index (κ2) is 6.15. The fourth-order valence-electron chi connectivity index (χ4n) is 2.13. The summed E-state index contributed by atoms with van der Waals surface area (Å²) in [6.07, 6.45) is 7.78. The summed E-state index contributed by atoms with van der Waals surface area (Å²) in [5, 5.41) is 10.4. The van der Waals surface area contributed by atoms with Crippen LogP contribution in [0.25, 0.3) is 11.5 Å².